The Hall–Kier alpha value is -2.25. The first-order valence-electron chi connectivity index (χ1n) is 8.61. The Morgan fingerprint density at radius 3 is 2.48 bits per heavy atom. The van der Waals surface area contributed by atoms with E-state index in [0.29, 0.717) is 4.88 Å². The Balaban J connectivity index is 1.88. The minimum atomic E-state index is -0.713. The summed E-state index contributed by atoms with van der Waals surface area (Å²) in [7, 11) is 0. The summed E-state index contributed by atoms with van der Waals surface area (Å²) in [5, 5.41) is 3.79. The molecule has 0 aliphatic carbocycles. The molecule has 1 aliphatic rings. The van der Waals surface area contributed by atoms with Crippen LogP contribution < -0.4 is 0 Å². The molecular weight excluding hydrogens is 382 g/mol. The van der Waals surface area contributed by atoms with E-state index in [4.69, 9.17) is 4.74 Å². The van der Waals surface area contributed by atoms with Gasteiger partial charge in [0.15, 0.2) is 5.78 Å². The second kappa shape index (κ2) is 7.78. The number of ether oxygens (including phenoxy) is 1. The molecule has 2 atom stereocenters. The van der Waals surface area contributed by atoms with Gasteiger partial charge in [-0.05, 0) is 43.7 Å². The lowest BCUT2D eigenvalue weighted by Gasteiger charge is -2.31. The fraction of sp³-hybridized carbons (Fsp3) is 0.350. The number of rotatable bonds is 5. The Morgan fingerprint density at radius 2 is 1.89 bits per heavy atom. The normalized spacial score (nSPS) is 18.0. The second-order valence-electron chi connectivity index (χ2n) is 7.26. The lowest BCUT2D eigenvalue weighted by atomic mass is 9.91. The lowest BCUT2D eigenvalue weighted by molar-refractivity contribution is -0.125. The number of thiophene rings is 2. The van der Waals surface area contributed by atoms with E-state index in [9.17, 15) is 14.4 Å². The molecule has 7 heteroatoms. The van der Waals surface area contributed by atoms with Crippen molar-refractivity contribution in [3.63, 3.8) is 0 Å². The monoisotopic (exact) mass is 403 g/mol. The van der Waals surface area contributed by atoms with E-state index in [1.165, 1.54) is 28.7 Å². The van der Waals surface area contributed by atoms with Gasteiger partial charge < -0.3 is 4.74 Å². The van der Waals surface area contributed by atoms with Gasteiger partial charge in [-0.25, -0.2) is 9.69 Å². The van der Waals surface area contributed by atoms with E-state index in [1.54, 1.807) is 32.9 Å². The summed E-state index contributed by atoms with van der Waals surface area (Å²) in [6.07, 6.45) is 2.60. The zero-order chi connectivity index (χ0) is 19.6. The van der Waals surface area contributed by atoms with Crippen molar-refractivity contribution < 1.29 is 19.1 Å². The number of nitrogens with zero attached hydrogens (tertiary/aromatic N) is 1. The quantitative estimate of drug-likeness (QED) is 0.668. The van der Waals surface area contributed by atoms with Crippen molar-refractivity contribution in [2.75, 3.05) is 0 Å². The topological polar surface area (TPSA) is 63.7 Å². The molecule has 1 aliphatic heterocycles. The Kier molecular flexibility index (Phi) is 5.62. The first-order valence-corrected chi connectivity index (χ1v) is 10.4. The summed E-state index contributed by atoms with van der Waals surface area (Å²) in [5.74, 6) is -0.727. The first-order chi connectivity index (χ1) is 12.8. The van der Waals surface area contributed by atoms with Crippen LogP contribution in [-0.2, 0) is 9.53 Å². The van der Waals surface area contributed by atoms with E-state index in [2.05, 4.69) is 0 Å². The number of Topliss-reactive ketones (excluding diaryl/α,β-unsaturated/α-hetero) is 1. The number of carbonyl (C=O) groups excluding carboxylic acids is 3. The predicted molar refractivity (Wildman–Crippen MR) is 106 cm³/mol. The van der Waals surface area contributed by atoms with E-state index >= 15 is 0 Å². The van der Waals surface area contributed by atoms with Gasteiger partial charge in [0, 0.05) is 23.3 Å². The molecule has 3 rings (SSSR count). The largest absolute Gasteiger partial charge is 0.443 e. The molecule has 3 heterocycles. The highest BCUT2D eigenvalue weighted by molar-refractivity contribution is 7.12. The van der Waals surface area contributed by atoms with Crippen LogP contribution in [-0.4, -0.2) is 34.3 Å². The molecule has 0 radical (unpaired) electrons. The summed E-state index contributed by atoms with van der Waals surface area (Å²) in [6.45, 7) is 5.26. The number of hydrogen-bond donors (Lipinski definition) is 0. The summed E-state index contributed by atoms with van der Waals surface area (Å²) >= 11 is 2.90. The summed E-state index contributed by atoms with van der Waals surface area (Å²) in [5.41, 5.74) is -0.713. The number of imide groups is 1. The molecule has 0 spiro atoms. The fourth-order valence-corrected chi connectivity index (χ4v) is 4.51. The van der Waals surface area contributed by atoms with Gasteiger partial charge in [-0.2, -0.15) is 0 Å². The summed E-state index contributed by atoms with van der Waals surface area (Å²) < 4.78 is 5.41. The third kappa shape index (κ3) is 4.54. The molecule has 5 nitrogen and oxygen atoms in total. The number of hydrogen-bond acceptors (Lipinski definition) is 6. The SMILES string of the molecule is CC(C)(C)OC(=O)N1C(=O)C=C[C@@H]1[C@@H](CC(=O)c1cccs1)c1cccs1. The third-order valence-corrected chi connectivity index (χ3v) is 6.00. The molecule has 142 valence electrons. The van der Waals surface area contributed by atoms with Crippen LogP contribution in [0.25, 0.3) is 0 Å². The first kappa shape index (κ1) is 19.5. The average Bonchev–Trinajstić information content (AvgIpc) is 3.32. The van der Waals surface area contributed by atoms with Gasteiger partial charge in [0.1, 0.15) is 5.60 Å². The molecule has 2 amide bonds. The van der Waals surface area contributed by atoms with Gasteiger partial charge in [-0.3, -0.25) is 9.59 Å². The van der Waals surface area contributed by atoms with Crippen LogP contribution in [0.5, 0.6) is 0 Å². The summed E-state index contributed by atoms with van der Waals surface area (Å²) in [6, 6.07) is 6.92. The van der Waals surface area contributed by atoms with Crippen LogP contribution in [0.1, 0.15) is 47.7 Å². The van der Waals surface area contributed by atoms with E-state index < -0.39 is 23.6 Å². The average molecular weight is 404 g/mol. The Labute approximate surface area is 166 Å². The van der Waals surface area contributed by atoms with Crippen LogP contribution in [0.15, 0.2) is 47.2 Å². The smallest absolute Gasteiger partial charge is 0.417 e. The molecule has 0 saturated heterocycles. The maximum absolute atomic E-state index is 12.7. The molecule has 27 heavy (non-hydrogen) atoms. The zero-order valence-corrected chi connectivity index (χ0v) is 17.0. The van der Waals surface area contributed by atoms with E-state index in [-0.39, 0.29) is 18.1 Å². The molecule has 2 aromatic heterocycles. The fourth-order valence-electron chi connectivity index (χ4n) is 2.96. The highest BCUT2D eigenvalue weighted by atomic mass is 32.1. The van der Waals surface area contributed by atoms with Crippen molar-refractivity contribution in [2.24, 2.45) is 0 Å². The predicted octanol–water partition coefficient (Wildman–Crippen LogP) is 4.87. The Morgan fingerprint density at radius 1 is 1.19 bits per heavy atom. The molecule has 0 fully saturated rings. The van der Waals surface area contributed by atoms with Gasteiger partial charge >= 0.3 is 6.09 Å². The minimum absolute atomic E-state index is 0.000266. The number of amides is 2. The molecule has 2 aromatic rings. The van der Waals surface area contributed by atoms with Crippen molar-refractivity contribution in [1.82, 2.24) is 4.90 Å². The molecule has 0 unspecified atom stereocenters. The highest BCUT2D eigenvalue weighted by Gasteiger charge is 2.40. The maximum atomic E-state index is 12.7. The highest BCUT2D eigenvalue weighted by Crippen LogP contribution is 2.35. The third-order valence-electron chi connectivity index (χ3n) is 4.08. The summed E-state index contributed by atoms with van der Waals surface area (Å²) in [4.78, 5) is 40.5. The van der Waals surface area contributed by atoms with Gasteiger partial charge in [-0.15, -0.1) is 22.7 Å². The van der Waals surface area contributed by atoms with Gasteiger partial charge in [0.2, 0.25) is 0 Å². The Bertz CT molecular complexity index is 847. The van der Waals surface area contributed by atoms with Crippen LogP contribution in [0, 0.1) is 0 Å². The maximum Gasteiger partial charge on any atom is 0.417 e. The molecule has 0 N–H and O–H groups in total. The van der Waals surface area contributed by atoms with Crippen LogP contribution >= 0.6 is 22.7 Å². The number of ketones is 1. The molecule has 0 saturated carbocycles. The van der Waals surface area contributed by atoms with E-state index in [1.807, 2.05) is 29.0 Å². The van der Waals surface area contributed by atoms with E-state index in [0.717, 1.165) is 9.78 Å². The van der Waals surface area contributed by atoms with Gasteiger partial charge in [0.25, 0.3) is 5.91 Å². The number of carbonyl (C=O) groups is 3. The minimum Gasteiger partial charge on any atom is -0.443 e. The molecule has 0 aromatic carbocycles. The second-order valence-corrected chi connectivity index (χ2v) is 9.19. The standard InChI is InChI=1S/C20H21NO4S2/c1-20(2,3)25-19(24)21-14(8-9-18(21)23)13(16-6-4-10-26-16)12-15(22)17-7-5-11-27-17/h4-11,13-14H,12H2,1-3H3/t13-,14-/m1/s1. The van der Waals surface area contributed by atoms with Crippen molar-refractivity contribution >= 4 is 40.5 Å². The van der Waals surface area contributed by atoms with Crippen LogP contribution in [0.3, 0.4) is 0 Å². The van der Waals surface area contributed by atoms with Crippen molar-refractivity contribution in [3.8, 4) is 0 Å². The van der Waals surface area contributed by atoms with Gasteiger partial charge in [0.05, 0.1) is 10.9 Å². The molecule has 0 bridgehead atoms. The van der Waals surface area contributed by atoms with Crippen molar-refractivity contribution in [1.29, 1.82) is 0 Å². The van der Waals surface area contributed by atoms with Gasteiger partial charge in [-0.1, -0.05) is 18.2 Å². The zero-order valence-electron chi connectivity index (χ0n) is 15.4. The van der Waals surface area contributed by atoms with Crippen LogP contribution in [0.4, 0.5) is 4.79 Å². The lowest BCUT2D eigenvalue weighted by Crippen LogP contribution is -2.45. The van der Waals surface area contributed by atoms with Crippen molar-refractivity contribution in [3.05, 3.63) is 56.9 Å². The van der Waals surface area contributed by atoms with Crippen LogP contribution in [0.2, 0.25) is 0 Å². The molecular formula is C20H21NO4S2. The van der Waals surface area contributed by atoms with Crippen molar-refractivity contribution in [2.45, 2.75) is 44.8 Å².